The Hall–Kier alpha value is 0.439. The minimum atomic E-state index is -0.648. The molecule has 0 heterocycles. The Bertz CT molecular complexity index is 32.7. The summed E-state index contributed by atoms with van der Waals surface area (Å²) < 4.78 is 0. The first kappa shape index (κ1) is 10.4. The van der Waals surface area contributed by atoms with Gasteiger partial charge >= 0.3 is 0 Å². The van der Waals surface area contributed by atoms with E-state index in [4.69, 9.17) is 10.8 Å². The maximum absolute atomic E-state index is 8.41. The molecule has 0 aromatic heterocycles. The zero-order chi connectivity index (χ0) is 5.15. The number of aliphatic hydroxyl groups excluding tert-OH is 1. The van der Waals surface area contributed by atoms with E-state index < -0.39 is 6.23 Å². The quantitative estimate of drug-likeness (QED) is 0.408. The molecular formula is C4H11CuNO. The maximum Gasteiger partial charge on any atom is 0.104 e. The van der Waals surface area contributed by atoms with Crippen LogP contribution >= 0.6 is 0 Å². The fourth-order valence-electron chi connectivity index (χ4n) is 0. The monoisotopic (exact) mass is 152 g/mol. The van der Waals surface area contributed by atoms with Gasteiger partial charge in [-0.05, 0) is 5.92 Å². The van der Waals surface area contributed by atoms with Gasteiger partial charge in [0.2, 0.25) is 0 Å². The summed E-state index contributed by atoms with van der Waals surface area (Å²) in [4.78, 5) is 0. The van der Waals surface area contributed by atoms with Gasteiger partial charge in [-0.15, -0.1) is 0 Å². The van der Waals surface area contributed by atoms with Crippen LogP contribution in [0.4, 0.5) is 0 Å². The van der Waals surface area contributed by atoms with Gasteiger partial charge in [-0.1, -0.05) is 13.8 Å². The summed E-state index contributed by atoms with van der Waals surface area (Å²) >= 11 is 0. The average Bonchev–Trinajstić information content (AvgIpc) is 1.36. The molecule has 0 fully saturated rings. The SMILES string of the molecule is CC(C)C(N)O.[Cu]. The predicted molar refractivity (Wildman–Crippen MR) is 25.0 cm³/mol. The van der Waals surface area contributed by atoms with Crippen molar-refractivity contribution in [2.75, 3.05) is 0 Å². The Morgan fingerprint density at radius 2 is 1.57 bits per heavy atom. The number of aliphatic hydroxyl groups is 1. The summed E-state index contributed by atoms with van der Waals surface area (Å²) in [6.45, 7) is 3.73. The van der Waals surface area contributed by atoms with Crippen molar-refractivity contribution in [3.63, 3.8) is 0 Å². The molecule has 0 aliphatic rings. The topological polar surface area (TPSA) is 46.2 Å². The second-order valence-corrected chi connectivity index (χ2v) is 1.73. The summed E-state index contributed by atoms with van der Waals surface area (Å²) in [6.07, 6.45) is -0.648. The van der Waals surface area contributed by atoms with Crippen LogP contribution in [0.15, 0.2) is 0 Å². The van der Waals surface area contributed by atoms with Crippen LogP contribution in [0.25, 0.3) is 0 Å². The summed E-state index contributed by atoms with van der Waals surface area (Å²) in [5.74, 6) is 0.185. The van der Waals surface area contributed by atoms with Crippen LogP contribution in [0.5, 0.6) is 0 Å². The summed E-state index contributed by atoms with van der Waals surface area (Å²) in [6, 6.07) is 0. The molecule has 49 valence electrons. The number of nitrogens with two attached hydrogens (primary N) is 1. The van der Waals surface area contributed by atoms with Gasteiger partial charge in [0.05, 0.1) is 0 Å². The molecule has 2 nitrogen and oxygen atoms in total. The van der Waals surface area contributed by atoms with Gasteiger partial charge in [-0.25, -0.2) is 0 Å². The summed E-state index contributed by atoms with van der Waals surface area (Å²) in [5.41, 5.74) is 4.99. The molecule has 0 amide bonds. The van der Waals surface area contributed by atoms with Crippen LogP contribution < -0.4 is 5.73 Å². The van der Waals surface area contributed by atoms with Crippen molar-refractivity contribution in [3.05, 3.63) is 0 Å². The standard InChI is InChI=1S/C4H11NO.Cu/c1-3(2)4(5)6;/h3-4,6H,5H2,1-2H3;. The first-order chi connectivity index (χ1) is 2.64. The second-order valence-electron chi connectivity index (χ2n) is 1.73. The normalized spacial score (nSPS) is 13.3. The summed E-state index contributed by atoms with van der Waals surface area (Å²) in [5, 5.41) is 8.41. The van der Waals surface area contributed by atoms with Gasteiger partial charge in [-0.3, -0.25) is 0 Å². The molecule has 1 unspecified atom stereocenters. The van der Waals surface area contributed by atoms with Crippen molar-refractivity contribution in [1.82, 2.24) is 0 Å². The fourth-order valence-corrected chi connectivity index (χ4v) is 0. The van der Waals surface area contributed by atoms with Crippen molar-refractivity contribution in [1.29, 1.82) is 0 Å². The minimum absolute atomic E-state index is 0. The molecule has 0 aliphatic heterocycles. The smallest absolute Gasteiger partial charge is 0.104 e. The zero-order valence-electron chi connectivity index (χ0n) is 4.48. The molecular weight excluding hydrogens is 142 g/mol. The predicted octanol–water partition coefficient (Wildman–Crippen LogP) is -0.0830. The Morgan fingerprint density at radius 1 is 1.43 bits per heavy atom. The second kappa shape index (κ2) is 4.59. The zero-order valence-corrected chi connectivity index (χ0v) is 5.42. The number of hydrogen-bond acceptors (Lipinski definition) is 2. The molecule has 3 N–H and O–H groups in total. The maximum atomic E-state index is 8.41. The third-order valence-corrected chi connectivity index (χ3v) is 0.683. The Morgan fingerprint density at radius 3 is 1.57 bits per heavy atom. The van der Waals surface area contributed by atoms with Gasteiger partial charge in [0.25, 0.3) is 0 Å². The largest absolute Gasteiger partial charge is 0.379 e. The van der Waals surface area contributed by atoms with Crippen LogP contribution in [0.3, 0.4) is 0 Å². The van der Waals surface area contributed by atoms with Gasteiger partial charge in [0, 0.05) is 17.1 Å². The van der Waals surface area contributed by atoms with Crippen molar-refractivity contribution in [2.24, 2.45) is 11.7 Å². The third-order valence-electron chi connectivity index (χ3n) is 0.683. The van der Waals surface area contributed by atoms with Crippen molar-refractivity contribution in [2.45, 2.75) is 20.1 Å². The van der Waals surface area contributed by atoms with Crippen LogP contribution in [-0.4, -0.2) is 11.3 Å². The minimum Gasteiger partial charge on any atom is -0.379 e. The number of rotatable bonds is 1. The fraction of sp³-hybridized carbons (Fsp3) is 1.00. The van der Waals surface area contributed by atoms with Crippen molar-refractivity contribution >= 4 is 0 Å². The Labute approximate surface area is 54.6 Å². The molecule has 7 heavy (non-hydrogen) atoms. The van der Waals surface area contributed by atoms with Crippen LogP contribution in [0.1, 0.15) is 13.8 Å². The van der Waals surface area contributed by atoms with Crippen LogP contribution in [0.2, 0.25) is 0 Å². The first-order valence-corrected chi connectivity index (χ1v) is 2.08. The molecule has 1 atom stereocenters. The molecule has 0 aromatic rings. The van der Waals surface area contributed by atoms with E-state index in [-0.39, 0.29) is 23.0 Å². The average molecular weight is 153 g/mol. The van der Waals surface area contributed by atoms with Gasteiger partial charge < -0.3 is 10.8 Å². The molecule has 0 aliphatic carbocycles. The van der Waals surface area contributed by atoms with E-state index >= 15 is 0 Å². The number of hydrogen-bond donors (Lipinski definition) is 2. The van der Waals surface area contributed by atoms with Crippen LogP contribution in [-0.2, 0) is 17.1 Å². The van der Waals surface area contributed by atoms with Crippen molar-refractivity contribution < 1.29 is 22.2 Å². The molecule has 0 saturated heterocycles. The van der Waals surface area contributed by atoms with Gasteiger partial charge in [0.15, 0.2) is 0 Å². The Kier molecular flexibility index (Phi) is 6.84. The molecule has 0 aromatic carbocycles. The van der Waals surface area contributed by atoms with E-state index in [2.05, 4.69) is 0 Å². The third kappa shape index (κ3) is 6.44. The molecule has 0 rings (SSSR count). The molecule has 0 spiro atoms. The molecule has 0 bridgehead atoms. The molecule has 0 saturated carbocycles. The molecule has 1 radical (unpaired) electrons. The van der Waals surface area contributed by atoms with E-state index in [9.17, 15) is 0 Å². The molecule has 3 heteroatoms. The van der Waals surface area contributed by atoms with Gasteiger partial charge in [-0.2, -0.15) is 0 Å². The van der Waals surface area contributed by atoms with E-state index in [0.717, 1.165) is 0 Å². The van der Waals surface area contributed by atoms with Gasteiger partial charge in [0.1, 0.15) is 6.23 Å². The Balaban J connectivity index is 0. The van der Waals surface area contributed by atoms with Crippen LogP contribution in [0, 0.1) is 5.92 Å². The van der Waals surface area contributed by atoms with E-state index in [1.165, 1.54) is 0 Å². The first-order valence-electron chi connectivity index (χ1n) is 2.08. The van der Waals surface area contributed by atoms with E-state index in [1.807, 2.05) is 13.8 Å². The van der Waals surface area contributed by atoms with E-state index in [1.54, 1.807) is 0 Å². The summed E-state index contributed by atoms with van der Waals surface area (Å²) in [7, 11) is 0. The van der Waals surface area contributed by atoms with E-state index in [0.29, 0.717) is 0 Å². The van der Waals surface area contributed by atoms with Crippen molar-refractivity contribution in [3.8, 4) is 0 Å².